The first kappa shape index (κ1) is 38.3. The van der Waals surface area contributed by atoms with Crippen molar-refractivity contribution in [2.75, 3.05) is 26.7 Å². The van der Waals surface area contributed by atoms with E-state index < -0.39 is 18.1 Å². The average Bonchev–Trinajstić information content (AvgIpc) is 3.85. The predicted molar refractivity (Wildman–Crippen MR) is 190 cm³/mol. The Kier molecular flexibility index (Phi) is 14.9. The van der Waals surface area contributed by atoms with Crippen LogP contribution >= 0.6 is 11.6 Å². The number of amides is 3. The van der Waals surface area contributed by atoms with Gasteiger partial charge in [0.1, 0.15) is 18.4 Å². The molecule has 5 unspecified atom stereocenters. The molecule has 0 spiro atoms. The maximum absolute atomic E-state index is 13.9. The highest BCUT2D eigenvalue weighted by molar-refractivity contribution is 6.31. The van der Waals surface area contributed by atoms with E-state index in [2.05, 4.69) is 22.9 Å². The number of allylic oxidation sites excluding steroid dienone is 1. The van der Waals surface area contributed by atoms with Crippen molar-refractivity contribution in [1.29, 1.82) is 0 Å². The Hall–Kier alpha value is -3.50. The van der Waals surface area contributed by atoms with E-state index >= 15 is 0 Å². The molecule has 0 bridgehead atoms. The molecule has 268 valence electrons. The molecule has 49 heavy (non-hydrogen) atoms. The molecule has 6 atom stereocenters. The second kappa shape index (κ2) is 19.0. The number of aldehydes is 1. The molecule has 0 radical (unpaired) electrons. The molecular weight excluding hydrogens is 644 g/mol. The van der Waals surface area contributed by atoms with Crippen LogP contribution in [-0.2, 0) is 35.1 Å². The highest BCUT2D eigenvalue weighted by Crippen LogP contribution is 2.32. The number of carbonyl (C=O) groups is 5. The molecule has 3 heterocycles. The first-order valence-corrected chi connectivity index (χ1v) is 18.3. The number of esters is 1. The number of nitrogens with zero attached hydrogens (tertiary/aromatic N) is 3. The molecular formula is C38H53ClN4O6. The molecule has 3 fully saturated rings. The summed E-state index contributed by atoms with van der Waals surface area (Å²) in [4.78, 5) is 69.8. The van der Waals surface area contributed by atoms with E-state index in [1.165, 1.54) is 0 Å². The van der Waals surface area contributed by atoms with Gasteiger partial charge in [-0.3, -0.25) is 19.3 Å². The van der Waals surface area contributed by atoms with Crippen molar-refractivity contribution in [3.63, 3.8) is 0 Å². The molecule has 3 amide bonds. The molecule has 3 aliphatic rings. The number of benzene rings is 1. The normalized spacial score (nSPS) is 24.7. The van der Waals surface area contributed by atoms with Gasteiger partial charge in [0.25, 0.3) is 0 Å². The van der Waals surface area contributed by atoms with Crippen LogP contribution in [0, 0.1) is 5.92 Å². The molecule has 11 heteroatoms. The fourth-order valence-corrected chi connectivity index (χ4v) is 7.68. The van der Waals surface area contributed by atoms with Crippen molar-refractivity contribution in [2.45, 2.75) is 114 Å². The largest absolute Gasteiger partial charge is 0.464 e. The number of unbranched alkanes of at least 4 members (excludes halogenated alkanes) is 1. The third kappa shape index (κ3) is 10.0. The van der Waals surface area contributed by atoms with Crippen LogP contribution in [0.15, 0.2) is 49.1 Å². The van der Waals surface area contributed by atoms with Gasteiger partial charge in [-0.25, -0.2) is 4.79 Å². The smallest absolute Gasteiger partial charge is 0.328 e. The highest BCUT2D eigenvalue weighted by atomic mass is 35.5. The van der Waals surface area contributed by atoms with Gasteiger partial charge in [-0.15, -0.1) is 6.58 Å². The summed E-state index contributed by atoms with van der Waals surface area (Å²) in [6.45, 7) is 6.98. The van der Waals surface area contributed by atoms with Gasteiger partial charge in [-0.2, -0.15) is 0 Å². The standard InChI is InChI=1S/C38H53ClN4O6/c1-4-29-19-22-34(38(48)49-5-2)43(29)37(47)33-17-11-25-42(33)36(46)32-21-20-30(41(32)3)15-10-13-27(26-44)12-8-9-24-40-35(45)23-18-28-14-6-7-16-31(28)39/h4,6-7,10,14-16,26-27,29-30,32-34H,1,5,8-9,11-13,17-25H2,2-3H3,(H,40,45)/b15-10-/t27-,29?,30?,32?,33?,34?/m0/s1. The molecule has 4 rings (SSSR count). The molecule has 0 aromatic heterocycles. The first-order valence-electron chi connectivity index (χ1n) is 18.0. The molecule has 1 aromatic carbocycles. The van der Waals surface area contributed by atoms with Crippen LogP contribution in [0.1, 0.15) is 83.1 Å². The number of aryl methyl sites for hydroxylation is 1. The Bertz CT molecular complexity index is 1350. The zero-order chi connectivity index (χ0) is 35.3. The van der Waals surface area contributed by atoms with Gasteiger partial charge in [-0.1, -0.05) is 54.4 Å². The van der Waals surface area contributed by atoms with E-state index in [1.54, 1.807) is 22.8 Å². The SMILES string of the molecule is C=CC1CCC(C(=O)OCC)N1C(=O)C1CCCN1C(=O)C1CCC(/C=C\C[C@@H](C=O)CCCCNC(=O)CCc2ccccc2Cl)N1C. The molecule has 3 saturated heterocycles. The van der Waals surface area contributed by atoms with Crippen LogP contribution < -0.4 is 5.32 Å². The van der Waals surface area contributed by atoms with Gasteiger partial charge >= 0.3 is 5.97 Å². The van der Waals surface area contributed by atoms with Crippen LogP contribution in [-0.4, -0.2) is 102 Å². The van der Waals surface area contributed by atoms with Crippen molar-refractivity contribution >= 4 is 41.6 Å². The lowest BCUT2D eigenvalue weighted by Crippen LogP contribution is -2.55. The monoisotopic (exact) mass is 696 g/mol. The number of carbonyl (C=O) groups excluding carboxylic acids is 5. The van der Waals surface area contributed by atoms with Crippen LogP contribution in [0.25, 0.3) is 0 Å². The Morgan fingerprint density at radius 3 is 2.51 bits per heavy atom. The number of ether oxygens (including phenoxy) is 1. The zero-order valence-corrected chi connectivity index (χ0v) is 29.8. The number of likely N-dealkylation sites (tertiary alicyclic amines) is 3. The molecule has 1 N–H and O–H groups in total. The molecule has 0 saturated carbocycles. The van der Waals surface area contributed by atoms with E-state index in [9.17, 15) is 24.0 Å². The second-order valence-corrected chi connectivity index (χ2v) is 13.8. The Morgan fingerprint density at radius 1 is 1.02 bits per heavy atom. The summed E-state index contributed by atoms with van der Waals surface area (Å²) in [7, 11) is 1.95. The summed E-state index contributed by atoms with van der Waals surface area (Å²) in [6, 6.07) is 5.77. The van der Waals surface area contributed by atoms with Crippen LogP contribution in [0.3, 0.4) is 0 Å². The average molecular weight is 697 g/mol. The maximum atomic E-state index is 13.9. The third-order valence-corrected chi connectivity index (χ3v) is 10.6. The Balaban J connectivity index is 1.20. The van der Waals surface area contributed by atoms with Gasteiger partial charge in [0, 0.05) is 36.5 Å². The lowest BCUT2D eigenvalue weighted by atomic mass is 9.99. The zero-order valence-electron chi connectivity index (χ0n) is 29.1. The van der Waals surface area contributed by atoms with Crippen molar-refractivity contribution in [2.24, 2.45) is 5.92 Å². The lowest BCUT2D eigenvalue weighted by Gasteiger charge is -2.35. The fraction of sp³-hybridized carbons (Fsp3) is 0.605. The minimum Gasteiger partial charge on any atom is -0.464 e. The van der Waals surface area contributed by atoms with Crippen LogP contribution in [0.4, 0.5) is 0 Å². The minimum atomic E-state index is -0.650. The number of halogens is 1. The van der Waals surface area contributed by atoms with E-state index in [0.717, 1.165) is 44.0 Å². The van der Waals surface area contributed by atoms with Crippen molar-refractivity contribution in [1.82, 2.24) is 20.0 Å². The predicted octanol–water partition coefficient (Wildman–Crippen LogP) is 4.88. The number of rotatable bonds is 17. The van der Waals surface area contributed by atoms with Gasteiger partial charge in [-0.05, 0) is 89.8 Å². The van der Waals surface area contributed by atoms with Crippen molar-refractivity contribution < 1.29 is 28.7 Å². The number of hydrogen-bond donors (Lipinski definition) is 1. The summed E-state index contributed by atoms with van der Waals surface area (Å²) in [6.07, 6.45) is 14.8. The van der Waals surface area contributed by atoms with E-state index in [0.29, 0.717) is 63.1 Å². The van der Waals surface area contributed by atoms with Crippen LogP contribution in [0.2, 0.25) is 5.02 Å². The second-order valence-electron chi connectivity index (χ2n) is 13.4. The van der Waals surface area contributed by atoms with E-state index in [1.807, 2.05) is 37.4 Å². The van der Waals surface area contributed by atoms with Crippen molar-refractivity contribution in [3.8, 4) is 0 Å². The first-order chi connectivity index (χ1) is 23.7. The highest BCUT2D eigenvalue weighted by Gasteiger charge is 2.47. The van der Waals surface area contributed by atoms with Crippen LogP contribution in [0.5, 0.6) is 0 Å². The number of likely N-dealkylation sites (N-methyl/N-ethyl adjacent to an activating group) is 1. The van der Waals surface area contributed by atoms with E-state index in [4.69, 9.17) is 16.3 Å². The topological polar surface area (TPSA) is 116 Å². The van der Waals surface area contributed by atoms with E-state index in [-0.39, 0.29) is 48.4 Å². The quantitative estimate of drug-likeness (QED) is 0.107. The Morgan fingerprint density at radius 2 is 1.78 bits per heavy atom. The molecule has 3 aliphatic heterocycles. The molecule has 0 aliphatic carbocycles. The minimum absolute atomic E-state index is 0.00493. The maximum Gasteiger partial charge on any atom is 0.328 e. The van der Waals surface area contributed by atoms with Crippen molar-refractivity contribution in [3.05, 3.63) is 59.7 Å². The molecule has 1 aromatic rings. The summed E-state index contributed by atoms with van der Waals surface area (Å²) in [5.41, 5.74) is 0.964. The summed E-state index contributed by atoms with van der Waals surface area (Å²) in [5, 5.41) is 3.63. The molecule has 10 nitrogen and oxygen atoms in total. The Labute approximate surface area is 296 Å². The third-order valence-electron chi connectivity index (χ3n) is 10.3. The summed E-state index contributed by atoms with van der Waals surface area (Å²) < 4.78 is 5.26. The number of hydrogen-bond acceptors (Lipinski definition) is 7. The lowest BCUT2D eigenvalue weighted by molar-refractivity contribution is -0.156. The summed E-state index contributed by atoms with van der Waals surface area (Å²) in [5.74, 6) is -0.744. The van der Waals surface area contributed by atoms with Gasteiger partial charge in [0.15, 0.2) is 0 Å². The fourth-order valence-electron chi connectivity index (χ4n) is 7.45. The number of nitrogens with one attached hydrogen (secondary N) is 1. The summed E-state index contributed by atoms with van der Waals surface area (Å²) >= 11 is 6.17. The van der Waals surface area contributed by atoms with Gasteiger partial charge < -0.3 is 24.6 Å². The van der Waals surface area contributed by atoms with Gasteiger partial charge in [0.2, 0.25) is 17.7 Å². The van der Waals surface area contributed by atoms with Gasteiger partial charge in [0.05, 0.1) is 18.7 Å².